The summed E-state index contributed by atoms with van der Waals surface area (Å²) in [6.45, 7) is 3.82. The molecule has 0 saturated heterocycles. The number of nitrogens with two attached hydrogens (primary N) is 1. The first-order chi connectivity index (χ1) is 8.97. The Bertz CT molecular complexity index is 638. The monoisotopic (exact) mass is 274 g/mol. The van der Waals surface area contributed by atoms with Crippen LogP contribution in [0.5, 0.6) is 0 Å². The summed E-state index contributed by atoms with van der Waals surface area (Å²) < 4.78 is 13.0. The molecule has 0 fully saturated rings. The molecule has 2 aromatic rings. The second-order valence-electron chi connectivity index (χ2n) is 4.48. The van der Waals surface area contributed by atoms with Gasteiger partial charge in [0.1, 0.15) is 10.8 Å². The topological polar surface area (TPSA) is 38.0 Å². The fourth-order valence-electron chi connectivity index (χ4n) is 1.94. The first-order valence-electron chi connectivity index (χ1n) is 5.91. The molecule has 0 aliphatic rings. The lowest BCUT2D eigenvalue weighted by atomic mass is 10.1. The van der Waals surface area contributed by atoms with Gasteiger partial charge in [-0.1, -0.05) is 12.2 Å². The zero-order valence-corrected chi connectivity index (χ0v) is 11.6. The smallest absolute Gasteiger partial charge is 0.123 e. The van der Waals surface area contributed by atoms with Gasteiger partial charge in [0.15, 0.2) is 0 Å². The van der Waals surface area contributed by atoms with E-state index in [1.165, 1.54) is 12.1 Å². The maximum atomic E-state index is 13.0. The molecule has 0 aliphatic heterocycles. The Kier molecular flexibility index (Phi) is 3.81. The van der Waals surface area contributed by atoms with Gasteiger partial charge in [-0.05, 0) is 61.4 Å². The van der Waals surface area contributed by atoms with E-state index in [2.05, 4.69) is 5.32 Å². The van der Waals surface area contributed by atoms with Crippen LogP contribution < -0.4 is 11.1 Å². The lowest BCUT2D eigenvalue weighted by molar-refractivity contribution is 0.627. The molecule has 0 spiro atoms. The fraction of sp³-hybridized carbons (Fsp3) is 0.133. The molecule has 2 aromatic carbocycles. The highest BCUT2D eigenvalue weighted by molar-refractivity contribution is 7.80. The molecular formula is C15H15FN2S. The number of nitrogens with one attached hydrogen (secondary N) is 1. The molecule has 3 N–H and O–H groups in total. The third-order valence-corrected chi connectivity index (χ3v) is 3.18. The van der Waals surface area contributed by atoms with Gasteiger partial charge in [0.2, 0.25) is 0 Å². The Morgan fingerprint density at radius 3 is 2.42 bits per heavy atom. The van der Waals surface area contributed by atoms with Crippen molar-refractivity contribution >= 4 is 28.6 Å². The molecule has 98 valence electrons. The molecule has 0 amide bonds. The van der Waals surface area contributed by atoms with Crippen LogP contribution in [0.15, 0.2) is 36.4 Å². The van der Waals surface area contributed by atoms with E-state index in [0.717, 1.165) is 28.1 Å². The average molecular weight is 274 g/mol. The van der Waals surface area contributed by atoms with Crippen LogP contribution in [-0.2, 0) is 0 Å². The Morgan fingerprint density at radius 1 is 1.11 bits per heavy atom. The number of benzene rings is 2. The van der Waals surface area contributed by atoms with Crippen LogP contribution in [0.3, 0.4) is 0 Å². The predicted molar refractivity (Wildman–Crippen MR) is 81.5 cm³/mol. The number of rotatable bonds is 3. The van der Waals surface area contributed by atoms with Gasteiger partial charge in [-0.3, -0.25) is 0 Å². The molecule has 0 aliphatic carbocycles. The average Bonchev–Trinajstić information content (AvgIpc) is 2.32. The summed E-state index contributed by atoms with van der Waals surface area (Å²) in [5, 5.41) is 3.26. The van der Waals surface area contributed by atoms with Crippen molar-refractivity contribution in [1.82, 2.24) is 0 Å². The molecule has 19 heavy (non-hydrogen) atoms. The zero-order valence-electron chi connectivity index (χ0n) is 10.8. The van der Waals surface area contributed by atoms with E-state index >= 15 is 0 Å². The minimum absolute atomic E-state index is 0.233. The standard InChI is InChI=1S/C15H15FN2S/c1-9-8-12(4-5-13(9)15(17)19)18-14-6-3-11(16)7-10(14)2/h3-8,18H,1-2H3,(H2,17,19). The Balaban J connectivity index is 2.29. The van der Waals surface area contributed by atoms with Gasteiger partial charge in [0.25, 0.3) is 0 Å². The lowest BCUT2D eigenvalue weighted by Crippen LogP contribution is -2.11. The van der Waals surface area contributed by atoms with Crippen LogP contribution in [0.4, 0.5) is 15.8 Å². The summed E-state index contributed by atoms with van der Waals surface area (Å²) in [4.78, 5) is 0.391. The van der Waals surface area contributed by atoms with Crippen molar-refractivity contribution in [3.05, 3.63) is 58.9 Å². The van der Waals surface area contributed by atoms with Crippen molar-refractivity contribution in [2.24, 2.45) is 5.73 Å². The summed E-state index contributed by atoms with van der Waals surface area (Å²) in [5.41, 5.74) is 10.2. The first-order valence-corrected chi connectivity index (χ1v) is 6.32. The molecule has 0 bridgehead atoms. The second-order valence-corrected chi connectivity index (χ2v) is 4.92. The molecule has 0 aromatic heterocycles. The highest BCUT2D eigenvalue weighted by Gasteiger charge is 2.04. The van der Waals surface area contributed by atoms with Gasteiger partial charge in [-0.2, -0.15) is 0 Å². The van der Waals surface area contributed by atoms with Crippen molar-refractivity contribution in [3.8, 4) is 0 Å². The fourth-order valence-corrected chi connectivity index (χ4v) is 2.17. The summed E-state index contributed by atoms with van der Waals surface area (Å²) >= 11 is 4.97. The SMILES string of the molecule is Cc1cc(F)ccc1Nc1ccc(C(N)=S)c(C)c1. The van der Waals surface area contributed by atoms with Gasteiger partial charge in [0.05, 0.1) is 0 Å². The van der Waals surface area contributed by atoms with Crippen LogP contribution in [0.2, 0.25) is 0 Å². The summed E-state index contributed by atoms with van der Waals surface area (Å²) in [6, 6.07) is 10.4. The van der Waals surface area contributed by atoms with Gasteiger partial charge < -0.3 is 11.1 Å². The molecule has 2 rings (SSSR count). The molecule has 0 atom stereocenters. The Hall–Kier alpha value is -1.94. The molecule has 0 heterocycles. The normalized spacial score (nSPS) is 10.3. The minimum atomic E-state index is -0.233. The maximum absolute atomic E-state index is 13.0. The van der Waals surface area contributed by atoms with Crippen molar-refractivity contribution in [3.63, 3.8) is 0 Å². The van der Waals surface area contributed by atoms with Gasteiger partial charge >= 0.3 is 0 Å². The molecular weight excluding hydrogens is 259 g/mol. The summed E-state index contributed by atoms with van der Waals surface area (Å²) in [6.07, 6.45) is 0. The Morgan fingerprint density at radius 2 is 1.84 bits per heavy atom. The van der Waals surface area contributed by atoms with Crippen LogP contribution >= 0.6 is 12.2 Å². The summed E-state index contributed by atoms with van der Waals surface area (Å²) in [7, 11) is 0. The van der Waals surface area contributed by atoms with Crippen LogP contribution in [-0.4, -0.2) is 4.99 Å². The maximum Gasteiger partial charge on any atom is 0.123 e. The van der Waals surface area contributed by atoms with E-state index in [4.69, 9.17) is 18.0 Å². The highest BCUT2D eigenvalue weighted by atomic mass is 32.1. The van der Waals surface area contributed by atoms with E-state index in [1.54, 1.807) is 6.07 Å². The van der Waals surface area contributed by atoms with Gasteiger partial charge in [-0.15, -0.1) is 0 Å². The Labute approximate surface area is 117 Å². The number of halogens is 1. The third kappa shape index (κ3) is 3.09. The largest absolute Gasteiger partial charge is 0.389 e. The summed E-state index contributed by atoms with van der Waals surface area (Å²) in [5.74, 6) is -0.233. The van der Waals surface area contributed by atoms with E-state index < -0.39 is 0 Å². The van der Waals surface area contributed by atoms with Gasteiger partial charge in [0, 0.05) is 16.9 Å². The number of aryl methyl sites for hydroxylation is 2. The second kappa shape index (κ2) is 5.36. The number of thiocarbonyl (C=S) groups is 1. The van der Waals surface area contributed by atoms with Crippen molar-refractivity contribution in [2.45, 2.75) is 13.8 Å². The van der Waals surface area contributed by atoms with Gasteiger partial charge in [-0.25, -0.2) is 4.39 Å². The molecule has 0 radical (unpaired) electrons. The van der Waals surface area contributed by atoms with Crippen LogP contribution in [0, 0.1) is 19.7 Å². The molecule has 0 saturated carbocycles. The van der Waals surface area contributed by atoms with E-state index in [0.29, 0.717) is 4.99 Å². The van der Waals surface area contributed by atoms with E-state index in [-0.39, 0.29) is 5.82 Å². The first kappa shape index (κ1) is 13.5. The number of hydrogen-bond donors (Lipinski definition) is 2. The van der Waals surface area contributed by atoms with E-state index in [1.807, 2.05) is 32.0 Å². The molecule has 0 unspecified atom stereocenters. The number of hydrogen-bond acceptors (Lipinski definition) is 2. The van der Waals surface area contributed by atoms with Crippen LogP contribution in [0.1, 0.15) is 16.7 Å². The van der Waals surface area contributed by atoms with Crippen LogP contribution in [0.25, 0.3) is 0 Å². The van der Waals surface area contributed by atoms with E-state index in [9.17, 15) is 4.39 Å². The predicted octanol–water partition coefficient (Wildman–Crippen LogP) is 3.82. The molecule has 2 nitrogen and oxygen atoms in total. The third-order valence-electron chi connectivity index (χ3n) is 2.96. The lowest BCUT2D eigenvalue weighted by Gasteiger charge is -2.12. The zero-order chi connectivity index (χ0) is 14.0. The quantitative estimate of drug-likeness (QED) is 0.836. The number of anilines is 2. The highest BCUT2D eigenvalue weighted by Crippen LogP contribution is 2.23. The molecule has 4 heteroatoms. The minimum Gasteiger partial charge on any atom is -0.389 e. The van der Waals surface area contributed by atoms with Crippen molar-refractivity contribution in [2.75, 3.05) is 5.32 Å². The van der Waals surface area contributed by atoms with Crippen molar-refractivity contribution in [1.29, 1.82) is 0 Å². The van der Waals surface area contributed by atoms with Crippen molar-refractivity contribution < 1.29 is 4.39 Å².